The van der Waals surface area contributed by atoms with E-state index in [0.29, 0.717) is 10.0 Å². The summed E-state index contributed by atoms with van der Waals surface area (Å²) in [6, 6.07) is 5.46. The first kappa shape index (κ1) is 8.39. The van der Waals surface area contributed by atoms with Gasteiger partial charge >= 0.3 is 81.1 Å². The zero-order valence-electron chi connectivity index (χ0n) is 4.80. The van der Waals surface area contributed by atoms with Crippen molar-refractivity contribution in [3.05, 3.63) is 28.2 Å². The van der Waals surface area contributed by atoms with Crippen molar-refractivity contribution >= 4 is 28.9 Å². The summed E-state index contributed by atoms with van der Waals surface area (Å²) in [5.41, 5.74) is 0.843. The van der Waals surface area contributed by atoms with Gasteiger partial charge in [-0.25, -0.2) is 0 Å². The van der Waals surface area contributed by atoms with E-state index in [0.717, 1.165) is 5.69 Å². The van der Waals surface area contributed by atoms with Crippen LogP contribution in [0.2, 0.25) is 10.0 Å². The van der Waals surface area contributed by atoms with Crippen LogP contribution in [-0.2, 0) is 20.1 Å². The molecule has 57 valence electrons. The summed E-state index contributed by atoms with van der Waals surface area (Å²) in [5.74, 6) is 0. The third kappa shape index (κ3) is 1.66. The van der Waals surface area contributed by atoms with Gasteiger partial charge in [-0.1, -0.05) is 0 Å². The fourth-order valence-electron chi connectivity index (χ4n) is 0.565. The number of hydrogen-bond acceptors (Lipinski definition) is 1. The molecule has 0 saturated carbocycles. The Morgan fingerprint density at radius 1 is 1.30 bits per heavy atom. The standard InChI is InChI=1S/C6H4Cl2N.Pt/c7-4-2-1-3-5(9)6(4)8;/h1-3,9H;/q-1;+1. The van der Waals surface area contributed by atoms with E-state index in [9.17, 15) is 0 Å². The molecular formula is C6H4Cl2NPt. The fourth-order valence-corrected chi connectivity index (χ4v) is 1.55. The van der Waals surface area contributed by atoms with Gasteiger partial charge in [0.05, 0.1) is 0 Å². The Morgan fingerprint density at radius 3 is 2.50 bits per heavy atom. The van der Waals surface area contributed by atoms with E-state index in [1.54, 1.807) is 6.07 Å². The van der Waals surface area contributed by atoms with Gasteiger partial charge < -0.3 is 0 Å². The molecular weight excluding hydrogens is 352 g/mol. The molecule has 0 aliphatic heterocycles. The van der Waals surface area contributed by atoms with E-state index < -0.39 is 0 Å². The van der Waals surface area contributed by atoms with Crippen LogP contribution in [0.1, 0.15) is 0 Å². The first-order valence-electron chi connectivity index (χ1n) is 2.53. The number of hydrogen-bond donors (Lipinski definition) is 1. The van der Waals surface area contributed by atoms with Gasteiger partial charge in [0.25, 0.3) is 0 Å². The van der Waals surface area contributed by atoms with Crippen molar-refractivity contribution in [2.24, 2.45) is 0 Å². The quantitative estimate of drug-likeness (QED) is 0.816. The molecule has 0 spiro atoms. The van der Waals surface area contributed by atoms with Crippen LogP contribution in [0, 0.1) is 0 Å². The number of nitrogens with one attached hydrogen (secondary N) is 1. The van der Waals surface area contributed by atoms with Gasteiger partial charge in [-0.15, -0.1) is 0 Å². The Morgan fingerprint density at radius 2 is 2.00 bits per heavy atom. The van der Waals surface area contributed by atoms with E-state index in [2.05, 4.69) is 3.88 Å². The van der Waals surface area contributed by atoms with Crippen LogP contribution in [0.3, 0.4) is 0 Å². The van der Waals surface area contributed by atoms with E-state index in [-0.39, 0.29) is 0 Å². The van der Waals surface area contributed by atoms with Gasteiger partial charge in [0.1, 0.15) is 0 Å². The first-order chi connectivity index (χ1) is 4.75. The van der Waals surface area contributed by atoms with Crippen LogP contribution in [0.25, 0.3) is 0 Å². The van der Waals surface area contributed by atoms with E-state index in [4.69, 9.17) is 23.2 Å². The number of rotatable bonds is 1. The van der Waals surface area contributed by atoms with Crippen molar-refractivity contribution in [2.75, 3.05) is 3.88 Å². The molecule has 1 aromatic rings. The molecule has 0 saturated heterocycles. The first-order valence-corrected chi connectivity index (χ1v) is 4.42. The zero-order chi connectivity index (χ0) is 7.56. The maximum absolute atomic E-state index is 5.79. The topological polar surface area (TPSA) is 12.0 Å². The fraction of sp³-hybridized carbons (Fsp3) is 0. The van der Waals surface area contributed by atoms with E-state index in [1.807, 2.05) is 32.2 Å². The molecule has 1 nitrogen and oxygen atoms in total. The Balaban J connectivity index is 3.14. The van der Waals surface area contributed by atoms with Crippen LogP contribution >= 0.6 is 23.2 Å². The van der Waals surface area contributed by atoms with Crippen LogP contribution < -0.4 is 3.88 Å². The minimum absolute atomic E-state index is 0.569. The van der Waals surface area contributed by atoms with Crippen molar-refractivity contribution in [1.82, 2.24) is 0 Å². The van der Waals surface area contributed by atoms with Gasteiger partial charge in [-0.2, -0.15) is 0 Å². The predicted octanol–water partition coefficient (Wildman–Crippen LogP) is 2.87. The molecule has 1 rings (SSSR count). The molecule has 1 N–H and O–H groups in total. The molecule has 0 aliphatic rings. The summed E-state index contributed by atoms with van der Waals surface area (Å²) in [6.07, 6.45) is 0. The molecule has 0 bridgehead atoms. The van der Waals surface area contributed by atoms with Crippen molar-refractivity contribution in [2.45, 2.75) is 0 Å². The van der Waals surface area contributed by atoms with E-state index in [1.165, 1.54) is 0 Å². The van der Waals surface area contributed by atoms with E-state index >= 15 is 0 Å². The zero-order valence-corrected chi connectivity index (χ0v) is 8.59. The number of benzene rings is 1. The number of halogens is 2. The average Bonchev–Trinajstić information content (AvgIpc) is 1.95. The summed E-state index contributed by atoms with van der Waals surface area (Å²) >= 11 is 13.5. The maximum atomic E-state index is 5.79. The Labute approximate surface area is 80.9 Å². The van der Waals surface area contributed by atoms with Gasteiger partial charge in [-0.05, 0) is 0 Å². The summed E-state index contributed by atoms with van der Waals surface area (Å²) in [5, 5.41) is 1.14. The predicted molar refractivity (Wildman–Crippen MR) is 40.1 cm³/mol. The number of anilines is 1. The second-order valence-electron chi connectivity index (χ2n) is 1.68. The molecule has 0 aliphatic carbocycles. The van der Waals surface area contributed by atoms with Gasteiger partial charge in [0.2, 0.25) is 0 Å². The average molecular weight is 356 g/mol. The molecule has 4 heteroatoms. The van der Waals surface area contributed by atoms with Crippen LogP contribution in [-0.4, -0.2) is 0 Å². The molecule has 0 radical (unpaired) electrons. The van der Waals surface area contributed by atoms with Crippen molar-refractivity contribution < 1.29 is 20.1 Å². The van der Waals surface area contributed by atoms with Crippen LogP contribution in [0.15, 0.2) is 18.2 Å². The minimum atomic E-state index is 0.569. The second-order valence-corrected chi connectivity index (χ2v) is 3.03. The Bertz CT molecular complexity index is 239. The van der Waals surface area contributed by atoms with Crippen LogP contribution in [0.5, 0.6) is 0 Å². The van der Waals surface area contributed by atoms with Crippen molar-refractivity contribution in [3.8, 4) is 0 Å². The molecule has 0 fully saturated rings. The van der Waals surface area contributed by atoms with Gasteiger partial charge in [-0.3, -0.25) is 0 Å². The van der Waals surface area contributed by atoms with Crippen molar-refractivity contribution in [3.63, 3.8) is 0 Å². The van der Waals surface area contributed by atoms with Gasteiger partial charge in [0.15, 0.2) is 0 Å². The van der Waals surface area contributed by atoms with Gasteiger partial charge in [0, 0.05) is 0 Å². The normalized spacial score (nSPS) is 9.60. The Hall–Kier alpha value is 0.288. The third-order valence-corrected chi connectivity index (χ3v) is 2.47. The van der Waals surface area contributed by atoms with Crippen molar-refractivity contribution in [1.29, 1.82) is 0 Å². The summed E-state index contributed by atoms with van der Waals surface area (Å²) in [4.78, 5) is 0. The monoisotopic (exact) mass is 355 g/mol. The molecule has 1 aromatic carbocycles. The molecule has 0 aromatic heterocycles. The molecule has 0 unspecified atom stereocenters. The molecule has 0 atom stereocenters. The van der Waals surface area contributed by atoms with Crippen LogP contribution in [0.4, 0.5) is 5.69 Å². The summed E-state index contributed by atoms with van der Waals surface area (Å²) < 4.78 is 2.89. The molecule has 0 amide bonds. The summed E-state index contributed by atoms with van der Waals surface area (Å²) in [6.45, 7) is 0. The second kappa shape index (κ2) is 3.61. The molecule has 0 heterocycles. The molecule has 10 heavy (non-hydrogen) atoms. The summed E-state index contributed by atoms with van der Waals surface area (Å²) in [7, 11) is 0. The third-order valence-electron chi connectivity index (χ3n) is 1.04. The Kier molecular flexibility index (Phi) is 3.03. The SMILES string of the molecule is Clc1cccc([NH][Pt])c1Cl.